The van der Waals surface area contributed by atoms with Gasteiger partial charge in [0.1, 0.15) is 0 Å². The Morgan fingerprint density at radius 1 is 1.47 bits per heavy atom. The van der Waals surface area contributed by atoms with Crippen molar-refractivity contribution >= 4 is 27.5 Å². The second-order valence-electron chi connectivity index (χ2n) is 4.19. The third-order valence-electron chi connectivity index (χ3n) is 3.03. The van der Waals surface area contributed by atoms with Crippen molar-refractivity contribution in [3.05, 3.63) is 33.3 Å². The van der Waals surface area contributed by atoms with Gasteiger partial charge in [-0.25, -0.2) is 0 Å². The van der Waals surface area contributed by atoms with Gasteiger partial charge in [0.05, 0.1) is 0 Å². The van der Waals surface area contributed by atoms with Crippen molar-refractivity contribution in [3.8, 4) is 0 Å². The first kappa shape index (κ1) is 15.0. The van der Waals surface area contributed by atoms with Gasteiger partial charge in [-0.3, -0.25) is 0 Å². The Labute approximate surface area is 117 Å². The van der Waals surface area contributed by atoms with Crippen LogP contribution in [0.4, 0.5) is 0 Å². The summed E-state index contributed by atoms with van der Waals surface area (Å²) in [6.45, 7) is 4.31. The Morgan fingerprint density at radius 3 is 2.71 bits per heavy atom. The normalized spacial score (nSPS) is 13.1. The molecule has 4 heteroatoms. The molecule has 0 radical (unpaired) electrons. The molecule has 17 heavy (non-hydrogen) atoms. The summed E-state index contributed by atoms with van der Waals surface area (Å²) in [4.78, 5) is 2.30. The number of benzene rings is 1. The molecular weight excluding hydrogens is 300 g/mol. The van der Waals surface area contributed by atoms with Crippen molar-refractivity contribution < 1.29 is 0 Å². The first-order valence-corrected chi connectivity index (χ1v) is 7.06. The van der Waals surface area contributed by atoms with Gasteiger partial charge < -0.3 is 10.2 Å². The molecule has 0 aliphatic heterocycles. The van der Waals surface area contributed by atoms with E-state index < -0.39 is 0 Å². The maximum absolute atomic E-state index is 6.27. The fourth-order valence-electron chi connectivity index (χ4n) is 1.75. The minimum absolute atomic E-state index is 0.310. The molecule has 0 bridgehead atoms. The first-order valence-electron chi connectivity index (χ1n) is 5.89. The zero-order chi connectivity index (χ0) is 12.8. The van der Waals surface area contributed by atoms with Crippen molar-refractivity contribution in [1.29, 1.82) is 0 Å². The SMILES string of the molecule is CCN(C)CCC(NC)c1ccc(Br)cc1Cl. The van der Waals surface area contributed by atoms with Gasteiger partial charge in [0.25, 0.3) is 0 Å². The van der Waals surface area contributed by atoms with Gasteiger partial charge in [-0.05, 0) is 51.3 Å². The molecule has 96 valence electrons. The fourth-order valence-corrected chi connectivity index (χ4v) is 2.55. The van der Waals surface area contributed by atoms with E-state index in [4.69, 9.17) is 11.6 Å². The Hall–Kier alpha value is -0.0900. The molecule has 0 aliphatic carbocycles. The molecule has 0 saturated heterocycles. The van der Waals surface area contributed by atoms with Crippen molar-refractivity contribution in [2.75, 3.05) is 27.2 Å². The van der Waals surface area contributed by atoms with E-state index in [0.717, 1.165) is 29.0 Å². The third kappa shape index (κ3) is 4.59. The molecule has 0 fully saturated rings. The highest BCUT2D eigenvalue weighted by Gasteiger charge is 2.13. The van der Waals surface area contributed by atoms with E-state index in [2.05, 4.69) is 46.2 Å². The van der Waals surface area contributed by atoms with E-state index >= 15 is 0 Å². The molecule has 0 saturated carbocycles. The summed E-state index contributed by atoms with van der Waals surface area (Å²) < 4.78 is 1.02. The molecule has 1 N–H and O–H groups in total. The van der Waals surface area contributed by atoms with E-state index in [1.54, 1.807) is 0 Å². The van der Waals surface area contributed by atoms with Crippen molar-refractivity contribution in [2.24, 2.45) is 0 Å². The lowest BCUT2D eigenvalue weighted by atomic mass is 10.0. The van der Waals surface area contributed by atoms with E-state index in [1.165, 1.54) is 5.56 Å². The molecule has 0 amide bonds. The van der Waals surface area contributed by atoms with Gasteiger partial charge in [0.2, 0.25) is 0 Å². The number of nitrogens with zero attached hydrogens (tertiary/aromatic N) is 1. The average Bonchev–Trinajstić information content (AvgIpc) is 2.31. The molecule has 0 spiro atoms. The summed E-state index contributed by atoms with van der Waals surface area (Å²) in [6.07, 6.45) is 1.06. The average molecular weight is 320 g/mol. The highest BCUT2D eigenvalue weighted by atomic mass is 79.9. The predicted octanol–water partition coefficient (Wildman–Crippen LogP) is 3.70. The third-order valence-corrected chi connectivity index (χ3v) is 3.85. The molecule has 2 nitrogen and oxygen atoms in total. The molecule has 1 unspecified atom stereocenters. The molecule has 1 atom stereocenters. The Balaban J connectivity index is 2.72. The Morgan fingerprint density at radius 2 is 2.18 bits per heavy atom. The van der Waals surface area contributed by atoms with Crippen LogP contribution in [-0.2, 0) is 0 Å². The van der Waals surface area contributed by atoms with Gasteiger partial charge in [-0.1, -0.05) is 40.5 Å². The zero-order valence-corrected chi connectivity index (χ0v) is 13.0. The van der Waals surface area contributed by atoms with E-state index in [0.29, 0.717) is 6.04 Å². The maximum Gasteiger partial charge on any atom is 0.0465 e. The topological polar surface area (TPSA) is 15.3 Å². The molecule has 1 aromatic rings. The molecule has 0 aliphatic rings. The fraction of sp³-hybridized carbons (Fsp3) is 0.538. The van der Waals surface area contributed by atoms with E-state index in [9.17, 15) is 0 Å². The number of halogens is 2. The van der Waals surface area contributed by atoms with Crippen LogP contribution in [-0.4, -0.2) is 32.1 Å². The summed E-state index contributed by atoms with van der Waals surface area (Å²) >= 11 is 9.70. The number of nitrogens with one attached hydrogen (secondary N) is 1. The van der Waals surface area contributed by atoms with Gasteiger partial charge in [-0.15, -0.1) is 0 Å². The second kappa shape index (κ2) is 7.37. The zero-order valence-electron chi connectivity index (χ0n) is 10.6. The smallest absolute Gasteiger partial charge is 0.0465 e. The highest BCUT2D eigenvalue weighted by Crippen LogP contribution is 2.28. The van der Waals surface area contributed by atoms with Crippen LogP contribution in [0.2, 0.25) is 5.02 Å². The van der Waals surface area contributed by atoms with Crippen LogP contribution in [0.1, 0.15) is 24.9 Å². The van der Waals surface area contributed by atoms with Crippen molar-refractivity contribution in [3.63, 3.8) is 0 Å². The molecule has 0 heterocycles. The summed E-state index contributed by atoms with van der Waals surface area (Å²) in [5.41, 5.74) is 1.17. The standard InChI is InChI=1S/C13H20BrClN2/c1-4-17(3)8-7-13(16-2)11-6-5-10(14)9-12(11)15/h5-6,9,13,16H,4,7-8H2,1-3H3. The van der Waals surface area contributed by atoms with Crippen molar-refractivity contribution in [1.82, 2.24) is 10.2 Å². The van der Waals surface area contributed by atoms with Crippen LogP contribution >= 0.6 is 27.5 Å². The molecular formula is C13H20BrClN2. The first-order chi connectivity index (χ1) is 8.08. The molecule has 1 aromatic carbocycles. The van der Waals surface area contributed by atoms with Gasteiger partial charge in [0.15, 0.2) is 0 Å². The van der Waals surface area contributed by atoms with E-state index in [1.807, 2.05) is 19.2 Å². The minimum atomic E-state index is 0.310. The number of hydrogen-bond donors (Lipinski definition) is 1. The summed E-state index contributed by atoms with van der Waals surface area (Å²) in [7, 11) is 4.12. The quantitative estimate of drug-likeness (QED) is 0.860. The maximum atomic E-state index is 6.27. The monoisotopic (exact) mass is 318 g/mol. The molecule has 0 aromatic heterocycles. The Bertz CT molecular complexity index is 357. The minimum Gasteiger partial charge on any atom is -0.313 e. The largest absolute Gasteiger partial charge is 0.313 e. The van der Waals surface area contributed by atoms with E-state index in [-0.39, 0.29) is 0 Å². The second-order valence-corrected chi connectivity index (χ2v) is 5.51. The lowest BCUT2D eigenvalue weighted by molar-refractivity contribution is 0.326. The molecule has 1 rings (SSSR count). The summed E-state index contributed by atoms with van der Waals surface area (Å²) in [5.74, 6) is 0. The van der Waals surface area contributed by atoms with Crippen LogP contribution in [0.15, 0.2) is 22.7 Å². The van der Waals surface area contributed by atoms with Crippen LogP contribution in [0, 0.1) is 0 Å². The summed E-state index contributed by atoms with van der Waals surface area (Å²) in [6, 6.07) is 6.38. The van der Waals surface area contributed by atoms with Crippen LogP contribution in [0.5, 0.6) is 0 Å². The van der Waals surface area contributed by atoms with Gasteiger partial charge in [0, 0.05) is 15.5 Å². The van der Waals surface area contributed by atoms with Gasteiger partial charge >= 0.3 is 0 Å². The summed E-state index contributed by atoms with van der Waals surface area (Å²) in [5, 5.41) is 4.15. The highest BCUT2D eigenvalue weighted by molar-refractivity contribution is 9.10. The van der Waals surface area contributed by atoms with Crippen LogP contribution < -0.4 is 5.32 Å². The Kier molecular flexibility index (Phi) is 6.49. The number of rotatable bonds is 6. The lowest BCUT2D eigenvalue weighted by Gasteiger charge is -2.21. The van der Waals surface area contributed by atoms with Gasteiger partial charge in [-0.2, -0.15) is 0 Å². The van der Waals surface area contributed by atoms with Crippen molar-refractivity contribution in [2.45, 2.75) is 19.4 Å². The lowest BCUT2D eigenvalue weighted by Crippen LogP contribution is -2.25. The predicted molar refractivity (Wildman–Crippen MR) is 78.7 cm³/mol. The van der Waals surface area contributed by atoms with Crippen LogP contribution in [0.3, 0.4) is 0 Å². The van der Waals surface area contributed by atoms with Crippen LogP contribution in [0.25, 0.3) is 0 Å². The number of hydrogen-bond acceptors (Lipinski definition) is 2.